The van der Waals surface area contributed by atoms with Gasteiger partial charge in [0, 0.05) is 33.0 Å². The molecule has 4 heteroatoms. The third-order valence-electron chi connectivity index (χ3n) is 6.51. The molecule has 4 nitrogen and oxygen atoms in total. The number of carbonyl (C=O) groups is 2. The summed E-state index contributed by atoms with van der Waals surface area (Å²) in [5, 5.41) is 1.49. The minimum atomic E-state index is -0.459. The molecule has 180 valence electrons. The van der Waals surface area contributed by atoms with Gasteiger partial charge < -0.3 is 9.47 Å². The molecule has 0 radical (unpaired) electrons. The summed E-state index contributed by atoms with van der Waals surface area (Å²) in [4.78, 5) is 25.1. The van der Waals surface area contributed by atoms with Crippen LogP contribution in [-0.4, -0.2) is 11.9 Å². The zero-order valence-corrected chi connectivity index (χ0v) is 21.0. The van der Waals surface area contributed by atoms with Crippen LogP contribution in [-0.2, 0) is 22.4 Å². The first-order chi connectivity index (χ1) is 16.3. The van der Waals surface area contributed by atoms with Crippen molar-refractivity contribution in [2.24, 2.45) is 5.92 Å². The van der Waals surface area contributed by atoms with Gasteiger partial charge in [-0.2, -0.15) is 0 Å². The number of hydrogen-bond acceptors (Lipinski definition) is 4. The summed E-state index contributed by atoms with van der Waals surface area (Å²) in [5.74, 6) is 0.794. The summed E-state index contributed by atoms with van der Waals surface area (Å²) in [6, 6.07) is 7.59. The van der Waals surface area contributed by atoms with Crippen molar-refractivity contribution in [3.63, 3.8) is 0 Å². The molecule has 3 rings (SSSR count). The van der Waals surface area contributed by atoms with E-state index in [1.807, 2.05) is 24.3 Å². The molecule has 1 aliphatic rings. The standard InChI is InChI=1S/C30H36O4/c1-7-9-12-21(8-2)17-22-15-16-25-26(18-22)28(34-30(32)20(5)6)24-14-11-10-13-23(24)27(25)33-29(31)19(3)4/h10-11,13-15,21H,3,5,7-9,12,16-18H2,1-2,4,6H3. The van der Waals surface area contributed by atoms with E-state index in [2.05, 4.69) is 33.1 Å². The highest BCUT2D eigenvalue weighted by Crippen LogP contribution is 2.45. The minimum absolute atomic E-state index is 0.337. The molecule has 0 saturated heterocycles. The maximum atomic E-state index is 12.6. The SMILES string of the molecule is C=C(C)C(=O)Oc1c2c(c(OC(=O)C(=C)C)c3ccccc13)CC(CC(CC)CCCC)=CC2. The number of esters is 2. The normalized spacial score (nSPS) is 13.6. The van der Waals surface area contributed by atoms with E-state index in [0.29, 0.717) is 41.4 Å². The predicted molar refractivity (Wildman–Crippen MR) is 138 cm³/mol. The first-order valence-corrected chi connectivity index (χ1v) is 12.3. The van der Waals surface area contributed by atoms with Crippen LogP contribution in [0.1, 0.15) is 70.9 Å². The van der Waals surface area contributed by atoms with Gasteiger partial charge in [-0.05, 0) is 39.0 Å². The van der Waals surface area contributed by atoms with Crippen molar-refractivity contribution >= 4 is 22.7 Å². The lowest BCUT2D eigenvalue weighted by Crippen LogP contribution is -2.17. The van der Waals surface area contributed by atoms with Crippen LogP contribution in [0.15, 0.2) is 60.2 Å². The van der Waals surface area contributed by atoms with Crippen LogP contribution in [0.4, 0.5) is 0 Å². The Morgan fingerprint density at radius 1 is 0.941 bits per heavy atom. The number of rotatable bonds is 10. The van der Waals surface area contributed by atoms with Gasteiger partial charge in [0.15, 0.2) is 0 Å². The first kappa shape index (κ1) is 25.5. The fourth-order valence-corrected chi connectivity index (χ4v) is 4.49. The molecule has 1 atom stereocenters. The summed E-state index contributed by atoms with van der Waals surface area (Å²) < 4.78 is 11.8. The van der Waals surface area contributed by atoms with Crippen LogP contribution in [0.3, 0.4) is 0 Å². The van der Waals surface area contributed by atoms with Crippen molar-refractivity contribution < 1.29 is 19.1 Å². The second-order valence-corrected chi connectivity index (χ2v) is 9.36. The van der Waals surface area contributed by atoms with Gasteiger partial charge in [-0.1, -0.05) is 88.6 Å². The summed E-state index contributed by atoms with van der Waals surface area (Å²) >= 11 is 0. The van der Waals surface area contributed by atoms with Crippen LogP contribution < -0.4 is 9.47 Å². The molecule has 1 unspecified atom stereocenters. The van der Waals surface area contributed by atoms with Crippen LogP contribution >= 0.6 is 0 Å². The molecule has 1 aliphatic carbocycles. The van der Waals surface area contributed by atoms with Gasteiger partial charge in [-0.15, -0.1) is 0 Å². The Hall–Kier alpha value is -3.14. The molecule has 2 aromatic rings. The Balaban J connectivity index is 2.13. The molecule has 0 aliphatic heterocycles. The quantitative estimate of drug-likeness (QED) is 0.160. The fraction of sp³-hybridized carbons (Fsp3) is 0.400. The molecular weight excluding hydrogens is 424 g/mol. The fourth-order valence-electron chi connectivity index (χ4n) is 4.49. The van der Waals surface area contributed by atoms with Gasteiger partial charge in [0.1, 0.15) is 11.5 Å². The molecular formula is C30H36O4. The minimum Gasteiger partial charge on any atom is -0.422 e. The monoisotopic (exact) mass is 460 g/mol. The molecule has 0 saturated carbocycles. The van der Waals surface area contributed by atoms with Crippen LogP contribution in [0.5, 0.6) is 11.5 Å². The topological polar surface area (TPSA) is 52.6 Å². The van der Waals surface area contributed by atoms with Crippen LogP contribution in [0.2, 0.25) is 0 Å². The van der Waals surface area contributed by atoms with Crippen LogP contribution in [0, 0.1) is 5.92 Å². The maximum Gasteiger partial charge on any atom is 0.338 e. The Kier molecular flexibility index (Phi) is 8.49. The number of carbonyl (C=O) groups excluding carboxylic acids is 2. The van der Waals surface area contributed by atoms with E-state index in [-0.39, 0.29) is 0 Å². The van der Waals surface area contributed by atoms with Crippen molar-refractivity contribution in [3.05, 3.63) is 71.3 Å². The summed E-state index contributed by atoms with van der Waals surface area (Å²) in [7, 11) is 0. The lowest BCUT2D eigenvalue weighted by molar-refractivity contribution is -0.131. The summed E-state index contributed by atoms with van der Waals surface area (Å²) in [6.45, 7) is 15.2. The third-order valence-corrected chi connectivity index (χ3v) is 6.51. The number of benzene rings is 2. The van der Waals surface area contributed by atoms with Gasteiger partial charge in [-0.25, -0.2) is 9.59 Å². The van der Waals surface area contributed by atoms with E-state index in [1.165, 1.54) is 24.8 Å². The second kappa shape index (κ2) is 11.3. The predicted octanol–water partition coefficient (Wildman–Crippen LogP) is 7.43. The molecule has 0 N–H and O–H groups in total. The zero-order valence-electron chi connectivity index (χ0n) is 21.0. The van der Waals surface area contributed by atoms with E-state index >= 15 is 0 Å². The van der Waals surface area contributed by atoms with E-state index in [0.717, 1.165) is 34.7 Å². The van der Waals surface area contributed by atoms with E-state index in [9.17, 15) is 9.59 Å². The molecule has 0 aromatic heterocycles. The molecule has 0 spiro atoms. The Morgan fingerprint density at radius 3 is 2.00 bits per heavy atom. The number of hydrogen-bond donors (Lipinski definition) is 0. The third kappa shape index (κ3) is 5.67. The van der Waals surface area contributed by atoms with Gasteiger partial charge in [0.25, 0.3) is 0 Å². The maximum absolute atomic E-state index is 12.6. The largest absolute Gasteiger partial charge is 0.422 e. The van der Waals surface area contributed by atoms with E-state index < -0.39 is 11.9 Å². The number of allylic oxidation sites excluding steroid dienone is 2. The molecule has 2 aromatic carbocycles. The molecule has 0 bridgehead atoms. The number of ether oxygens (including phenoxy) is 2. The van der Waals surface area contributed by atoms with Crippen LogP contribution in [0.25, 0.3) is 10.8 Å². The zero-order chi connectivity index (χ0) is 24.8. The van der Waals surface area contributed by atoms with Gasteiger partial charge >= 0.3 is 11.9 Å². The Morgan fingerprint density at radius 2 is 1.50 bits per heavy atom. The lowest BCUT2D eigenvalue weighted by Gasteiger charge is -2.26. The van der Waals surface area contributed by atoms with Crippen molar-refractivity contribution in [2.45, 2.75) is 72.6 Å². The summed E-state index contributed by atoms with van der Waals surface area (Å²) in [5.41, 5.74) is 3.83. The van der Waals surface area contributed by atoms with Crippen molar-refractivity contribution in [1.29, 1.82) is 0 Å². The van der Waals surface area contributed by atoms with Crippen molar-refractivity contribution in [3.8, 4) is 11.5 Å². The van der Waals surface area contributed by atoms with E-state index in [4.69, 9.17) is 9.47 Å². The highest BCUT2D eigenvalue weighted by molar-refractivity contribution is 6.01. The Bertz CT molecular complexity index is 1150. The molecule has 0 heterocycles. The lowest BCUT2D eigenvalue weighted by atomic mass is 9.82. The second-order valence-electron chi connectivity index (χ2n) is 9.36. The van der Waals surface area contributed by atoms with Crippen molar-refractivity contribution in [1.82, 2.24) is 0 Å². The average molecular weight is 461 g/mol. The average Bonchev–Trinajstić information content (AvgIpc) is 2.83. The van der Waals surface area contributed by atoms with E-state index in [1.54, 1.807) is 13.8 Å². The highest BCUT2D eigenvalue weighted by Gasteiger charge is 2.27. The number of fused-ring (bicyclic) bond motifs is 2. The highest BCUT2D eigenvalue weighted by atomic mass is 16.5. The first-order valence-electron chi connectivity index (χ1n) is 12.3. The molecule has 0 amide bonds. The molecule has 0 fully saturated rings. The van der Waals surface area contributed by atoms with Crippen molar-refractivity contribution in [2.75, 3.05) is 0 Å². The molecule has 34 heavy (non-hydrogen) atoms. The smallest absolute Gasteiger partial charge is 0.338 e. The van der Waals surface area contributed by atoms with Gasteiger partial charge in [0.05, 0.1) is 0 Å². The summed E-state index contributed by atoms with van der Waals surface area (Å²) in [6.07, 6.45) is 9.36. The number of unbranched alkanes of at least 4 members (excludes halogenated alkanes) is 1. The Labute approximate surface area is 203 Å². The van der Waals surface area contributed by atoms with Gasteiger partial charge in [-0.3, -0.25) is 0 Å². The van der Waals surface area contributed by atoms with Gasteiger partial charge in [0.2, 0.25) is 0 Å².